The van der Waals surface area contributed by atoms with E-state index < -0.39 is 5.37 Å². The molecule has 24 heavy (non-hydrogen) atoms. The normalized spacial score (nSPS) is 12.1. The summed E-state index contributed by atoms with van der Waals surface area (Å²) in [5, 5.41) is 2.18. The Kier molecular flexibility index (Phi) is 11.1. The molecule has 0 heterocycles. The highest BCUT2D eigenvalue weighted by Gasteiger charge is 2.07. The zero-order valence-corrected chi connectivity index (χ0v) is 15.4. The van der Waals surface area contributed by atoms with Gasteiger partial charge in [-0.05, 0) is 36.4 Å². The van der Waals surface area contributed by atoms with Crippen LogP contribution in [0.2, 0.25) is 0 Å². The van der Waals surface area contributed by atoms with Crippen molar-refractivity contribution in [3.8, 4) is 0 Å². The molecule has 0 aliphatic heterocycles. The zero-order valence-electron chi connectivity index (χ0n) is 13.9. The summed E-state index contributed by atoms with van der Waals surface area (Å²) < 4.78 is 4.60. The first-order chi connectivity index (χ1) is 11.6. The van der Waals surface area contributed by atoms with Crippen LogP contribution in [0.1, 0.15) is 31.2 Å². The van der Waals surface area contributed by atoms with Gasteiger partial charge in [0.25, 0.3) is 0 Å². The Labute approximate surface area is 153 Å². The fourth-order valence-electron chi connectivity index (χ4n) is 2.06. The maximum Gasteiger partial charge on any atom is 0.314 e. The van der Waals surface area contributed by atoms with E-state index in [4.69, 9.17) is 11.6 Å². The summed E-state index contributed by atoms with van der Waals surface area (Å²) in [5.74, 6) is 1.47. The fourth-order valence-corrected chi connectivity index (χ4v) is 3.20. The molecule has 0 bridgehead atoms. The monoisotopic (exact) mass is 369 g/mol. The third kappa shape index (κ3) is 10.3. The van der Waals surface area contributed by atoms with E-state index in [0.29, 0.717) is 6.42 Å². The Hall–Kier alpha value is -1.46. The van der Waals surface area contributed by atoms with Crippen LogP contribution in [0, 0.1) is 0 Å². The van der Waals surface area contributed by atoms with Crippen molar-refractivity contribution >= 4 is 34.7 Å². The number of ether oxygens (including phenoxy) is 1. The Morgan fingerprint density at radius 2 is 2.04 bits per heavy atom. The molecule has 0 unspecified atom stereocenters. The van der Waals surface area contributed by atoms with Crippen LogP contribution in [0.25, 0.3) is 0 Å². The molecule has 0 aliphatic carbocycles. The molecule has 1 N–H and O–H groups in total. The van der Waals surface area contributed by atoms with Crippen molar-refractivity contribution in [2.45, 2.75) is 37.5 Å². The number of carbonyl (C=O) groups excluding carboxylic acids is 2. The molecule has 6 heteroatoms. The van der Waals surface area contributed by atoms with Gasteiger partial charge < -0.3 is 10.1 Å². The number of nitrogens with one attached hydrogen (secondary N) is 1. The van der Waals surface area contributed by atoms with Crippen LogP contribution in [-0.4, -0.2) is 30.2 Å². The lowest BCUT2D eigenvalue weighted by Crippen LogP contribution is -2.31. The van der Waals surface area contributed by atoms with E-state index >= 15 is 0 Å². The van der Waals surface area contributed by atoms with Crippen LogP contribution in [0.15, 0.2) is 42.5 Å². The van der Waals surface area contributed by atoms with E-state index in [2.05, 4.69) is 22.2 Å². The molecule has 1 aromatic carbocycles. The molecule has 1 amide bonds. The quantitative estimate of drug-likeness (QED) is 0.205. The Morgan fingerprint density at radius 3 is 2.71 bits per heavy atom. The van der Waals surface area contributed by atoms with Crippen molar-refractivity contribution in [3.05, 3.63) is 48.0 Å². The first kappa shape index (κ1) is 20.6. The second-order valence-corrected chi connectivity index (χ2v) is 6.65. The topological polar surface area (TPSA) is 55.4 Å². The lowest BCUT2D eigenvalue weighted by atomic mass is 10.1. The summed E-state index contributed by atoms with van der Waals surface area (Å²) in [6.07, 6.45) is 7.00. The van der Waals surface area contributed by atoms with Crippen molar-refractivity contribution in [1.82, 2.24) is 5.32 Å². The number of esters is 1. The highest BCUT2D eigenvalue weighted by Crippen LogP contribution is 2.14. The summed E-state index contributed by atoms with van der Waals surface area (Å²) in [5.41, 5.74) is 1.25. The molecule has 0 aliphatic rings. The van der Waals surface area contributed by atoms with Gasteiger partial charge in [-0.1, -0.05) is 42.5 Å². The van der Waals surface area contributed by atoms with Gasteiger partial charge in [0, 0.05) is 17.9 Å². The van der Waals surface area contributed by atoms with Crippen LogP contribution in [0.3, 0.4) is 0 Å². The second kappa shape index (κ2) is 12.9. The number of hydrogen-bond acceptors (Lipinski definition) is 4. The Morgan fingerprint density at radius 1 is 1.29 bits per heavy atom. The van der Waals surface area contributed by atoms with Gasteiger partial charge in [0.2, 0.25) is 0 Å². The molecule has 1 aromatic rings. The lowest BCUT2D eigenvalue weighted by Gasteiger charge is -2.12. The molecule has 0 aromatic heterocycles. The van der Waals surface area contributed by atoms with Crippen LogP contribution < -0.4 is 5.32 Å². The van der Waals surface area contributed by atoms with Gasteiger partial charge in [-0.3, -0.25) is 9.59 Å². The minimum atomic E-state index is -0.546. The van der Waals surface area contributed by atoms with Crippen LogP contribution in [0.4, 0.5) is 4.79 Å². The van der Waals surface area contributed by atoms with Gasteiger partial charge >= 0.3 is 11.3 Å². The van der Waals surface area contributed by atoms with E-state index in [1.54, 1.807) is 11.8 Å². The van der Waals surface area contributed by atoms with E-state index in [9.17, 15) is 9.59 Å². The number of unbranched alkanes of at least 4 members (excludes halogenated alkanes) is 2. The zero-order chi connectivity index (χ0) is 17.6. The summed E-state index contributed by atoms with van der Waals surface area (Å²) in [7, 11) is 1.40. The van der Waals surface area contributed by atoms with Crippen molar-refractivity contribution in [2.24, 2.45) is 0 Å². The SMILES string of the molecule is COC(=O)CCCC/C=C\[C@H](CSCc1ccccc1)NC(=O)Cl. The molecular weight excluding hydrogens is 346 g/mol. The fraction of sp³-hybridized carbons (Fsp3) is 0.444. The molecule has 0 spiro atoms. The first-order valence-corrected chi connectivity index (χ1v) is 9.46. The number of allylic oxidation sites excluding steroid dienone is 1. The smallest absolute Gasteiger partial charge is 0.314 e. The highest BCUT2D eigenvalue weighted by atomic mass is 35.5. The molecule has 0 radical (unpaired) electrons. The summed E-state index contributed by atoms with van der Waals surface area (Å²) in [6, 6.07) is 10.1. The summed E-state index contributed by atoms with van der Waals surface area (Å²) in [6.45, 7) is 0. The minimum Gasteiger partial charge on any atom is -0.469 e. The molecule has 1 rings (SSSR count). The van der Waals surface area contributed by atoms with E-state index in [1.807, 2.05) is 30.4 Å². The molecular formula is C18H24ClNO3S. The average Bonchev–Trinajstić information content (AvgIpc) is 2.57. The third-order valence-electron chi connectivity index (χ3n) is 3.31. The second-order valence-electron chi connectivity index (χ2n) is 5.28. The van der Waals surface area contributed by atoms with Gasteiger partial charge in [-0.2, -0.15) is 11.8 Å². The van der Waals surface area contributed by atoms with Crippen LogP contribution in [0.5, 0.6) is 0 Å². The summed E-state index contributed by atoms with van der Waals surface area (Å²) >= 11 is 7.18. The Bertz CT molecular complexity index is 522. The van der Waals surface area contributed by atoms with Crippen molar-refractivity contribution in [3.63, 3.8) is 0 Å². The minimum absolute atomic E-state index is 0.0932. The van der Waals surface area contributed by atoms with Crippen LogP contribution >= 0.6 is 23.4 Å². The molecule has 0 saturated heterocycles. The van der Waals surface area contributed by atoms with Crippen molar-refractivity contribution in [2.75, 3.05) is 12.9 Å². The maximum absolute atomic E-state index is 11.1. The number of benzene rings is 1. The molecule has 132 valence electrons. The molecule has 1 atom stereocenters. The van der Waals surface area contributed by atoms with Gasteiger partial charge in [0.1, 0.15) is 0 Å². The van der Waals surface area contributed by atoms with Crippen molar-refractivity contribution in [1.29, 1.82) is 0 Å². The third-order valence-corrected chi connectivity index (χ3v) is 4.55. The first-order valence-electron chi connectivity index (χ1n) is 7.93. The number of methoxy groups -OCH3 is 1. The lowest BCUT2D eigenvalue weighted by molar-refractivity contribution is -0.140. The number of rotatable bonds is 11. The Balaban J connectivity index is 2.29. The predicted molar refractivity (Wildman–Crippen MR) is 100 cm³/mol. The van der Waals surface area contributed by atoms with Gasteiger partial charge in [-0.25, -0.2) is 0 Å². The number of hydrogen-bond donors (Lipinski definition) is 1. The molecule has 4 nitrogen and oxygen atoms in total. The average molecular weight is 370 g/mol. The number of carbonyl (C=O) groups is 2. The summed E-state index contributed by atoms with van der Waals surface area (Å²) in [4.78, 5) is 22.1. The van der Waals surface area contributed by atoms with Crippen LogP contribution in [-0.2, 0) is 15.3 Å². The van der Waals surface area contributed by atoms with E-state index in [0.717, 1.165) is 30.8 Å². The highest BCUT2D eigenvalue weighted by molar-refractivity contribution is 7.98. The van der Waals surface area contributed by atoms with Gasteiger partial charge in [0.15, 0.2) is 0 Å². The van der Waals surface area contributed by atoms with Gasteiger partial charge in [-0.15, -0.1) is 0 Å². The standard InChI is InChI=1S/C18H24ClNO3S/c1-23-17(21)12-8-3-2-7-11-16(20-18(19)22)14-24-13-15-9-5-4-6-10-15/h4-7,9-11,16H,2-3,8,12-14H2,1H3,(H,20,22)/b11-7-/t16-/m1/s1. The molecule has 0 fully saturated rings. The molecule has 0 saturated carbocycles. The number of amides is 1. The van der Waals surface area contributed by atoms with E-state index in [-0.39, 0.29) is 12.0 Å². The van der Waals surface area contributed by atoms with E-state index in [1.165, 1.54) is 12.7 Å². The number of halogens is 1. The predicted octanol–water partition coefficient (Wildman–Crippen LogP) is 4.53. The number of thioether (sulfide) groups is 1. The maximum atomic E-state index is 11.1. The van der Waals surface area contributed by atoms with Crippen molar-refractivity contribution < 1.29 is 14.3 Å². The largest absolute Gasteiger partial charge is 0.469 e. The van der Waals surface area contributed by atoms with Gasteiger partial charge in [0.05, 0.1) is 13.2 Å².